The number of aliphatic carboxylic acids is 1. The van der Waals surface area contributed by atoms with E-state index in [1.807, 2.05) is 0 Å². The Labute approximate surface area is 120 Å². The van der Waals surface area contributed by atoms with E-state index in [0.717, 1.165) is 6.92 Å². The summed E-state index contributed by atoms with van der Waals surface area (Å²) in [6.45, 7) is 0.784. The largest absolute Gasteiger partial charge is 0.480 e. The van der Waals surface area contributed by atoms with Crippen LogP contribution in [0.2, 0.25) is 0 Å². The number of nitro groups is 1. The highest BCUT2D eigenvalue weighted by atomic mass is 19.4. The van der Waals surface area contributed by atoms with E-state index in [0.29, 0.717) is 12.1 Å². The van der Waals surface area contributed by atoms with Crippen molar-refractivity contribution in [1.82, 2.24) is 0 Å². The van der Waals surface area contributed by atoms with E-state index in [1.165, 1.54) is 0 Å². The zero-order valence-electron chi connectivity index (χ0n) is 10.9. The summed E-state index contributed by atoms with van der Waals surface area (Å²) in [5.74, 6) is -6.59. The summed E-state index contributed by atoms with van der Waals surface area (Å²) < 4.78 is 37.6. The van der Waals surface area contributed by atoms with Crippen molar-refractivity contribution in [2.45, 2.75) is 13.1 Å². The average Bonchev–Trinajstić information content (AvgIpc) is 2.35. The molecule has 0 amide bonds. The lowest BCUT2D eigenvalue weighted by Crippen LogP contribution is -2.30. The number of rotatable bonds is 5. The van der Waals surface area contributed by atoms with Gasteiger partial charge in [-0.15, -0.1) is 0 Å². The van der Waals surface area contributed by atoms with Gasteiger partial charge in [-0.05, 0) is 19.1 Å². The number of ketones is 2. The van der Waals surface area contributed by atoms with Crippen LogP contribution in [0.25, 0.3) is 0 Å². The van der Waals surface area contributed by atoms with Crippen LogP contribution in [-0.2, 0) is 15.8 Å². The summed E-state index contributed by atoms with van der Waals surface area (Å²) in [4.78, 5) is 43.5. The molecule has 1 aromatic carbocycles. The van der Waals surface area contributed by atoms with Crippen molar-refractivity contribution in [1.29, 1.82) is 0 Å². The molecule has 22 heavy (non-hydrogen) atoms. The third-order valence-corrected chi connectivity index (χ3v) is 2.70. The Bertz CT molecular complexity index is 653. The lowest BCUT2D eigenvalue weighted by molar-refractivity contribution is -0.385. The van der Waals surface area contributed by atoms with Gasteiger partial charge in [-0.3, -0.25) is 24.5 Å². The molecule has 0 saturated heterocycles. The van der Waals surface area contributed by atoms with Gasteiger partial charge in [0.2, 0.25) is 0 Å². The van der Waals surface area contributed by atoms with Crippen LogP contribution in [0.1, 0.15) is 22.8 Å². The van der Waals surface area contributed by atoms with Gasteiger partial charge in [0.25, 0.3) is 5.69 Å². The van der Waals surface area contributed by atoms with Crippen LogP contribution < -0.4 is 0 Å². The van der Waals surface area contributed by atoms with E-state index in [9.17, 15) is 37.7 Å². The fourth-order valence-corrected chi connectivity index (χ4v) is 1.69. The third-order valence-electron chi connectivity index (χ3n) is 2.70. The molecule has 1 rings (SSSR count). The van der Waals surface area contributed by atoms with Crippen molar-refractivity contribution in [3.8, 4) is 0 Å². The zero-order chi connectivity index (χ0) is 17.2. The second kappa shape index (κ2) is 5.92. The van der Waals surface area contributed by atoms with E-state index in [-0.39, 0.29) is 6.07 Å². The smallest absolute Gasteiger partial charge is 0.416 e. The first-order valence-corrected chi connectivity index (χ1v) is 5.60. The molecular formula is C12H8F3NO6. The molecule has 0 aromatic heterocycles. The molecule has 1 N–H and O–H groups in total. The molecule has 7 nitrogen and oxygen atoms in total. The minimum atomic E-state index is -4.88. The summed E-state index contributed by atoms with van der Waals surface area (Å²) in [7, 11) is 0. The second-order valence-corrected chi connectivity index (χ2v) is 4.23. The minimum Gasteiger partial charge on any atom is -0.480 e. The van der Waals surface area contributed by atoms with Gasteiger partial charge in [-0.1, -0.05) is 0 Å². The molecule has 0 aliphatic rings. The highest BCUT2D eigenvalue weighted by molar-refractivity contribution is 6.22. The normalized spacial score (nSPS) is 12.5. The molecule has 1 atom stereocenters. The summed E-state index contributed by atoms with van der Waals surface area (Å²) in [6, 6.07) is 1.01. The van der Waals surface area contributed by atoms with Gasteiger partial charge in [0, 0.05) is 6.07 Å². The average molecular weight is 319 g/mol. The van der Waals surface area contributed by atoms with Crippen molar-refractivity contribution in [2.24, 2.45) is 5.92 Å². The Morgan fingerprint density at radius 1 is 1.27 bits per heavy atom. The first-order chi connectivity index (χ1) is 9.96. The topological polar surface area (TPSA) is 115 Å². The van der Waals surface area contributed by atoms with Gasteiger partial charge < -0.3 is 5.11 Å². The molecule has 0 heterocycles. The molecular weight excluding hydrogens is 311 g/mol. The lowest BCUT2D eigenvalue weighted by Gasteiger charge is -2.10. The van der Waals surface area contributed by atoms with Crippen molar-refractivity contribution >= 4 is 23.2 Å². The number of hydrogen-bond acceptors (Lipinski definition) is 5. The number of benzene rings is 1. The number of nitro benzene ring substituents is 1. The van der Waals surface area contributed by atoms with Crippen molar-refractivity contribution < 1.29 is 37.6 Å². The SMILES string of the molecule is CC(=O)C(C(=O)O)C(=O)c1ccc(C(F)(F)F)cc1[N+](=O)[O-]. The highest BCUT2D eigenvalue weighted by Gasteiger charge is 2.38. The fourth-order valence-electron chi connectivity index (χ4n) is 1.69. The molecule has 1 unspecified atom stereocenters. The first-order valence-electron chi connectivity index (χ1n) is 5.60. The quantitative estimate of drug-likeness (QED) is 0.384. The molecule has 0 radical (unpaired) electrons. The number of alkyl halides is 3. The number of nitrogens with zero attached hydrogens (tertiary/aromatic N) is 1. The Hall–Kier alpha value is -2.78. The van der Waals surface area contributed by atoms with Gasteiger partial charge >= 0.3 is 12.1 Å². The Balaban J connectivity index is 3.47. The number of carboxylic acid groups (broad SMARTS) is 1. The molecule has 0 aliphatic carbocycles. The van der Waals surface area contributed by atoms with Crippen LogP contribution in [-0.4, -0.2) is 27.6 Å². The Morgan fingerprint density at radius 3 is 2.18 bits per heavy atom. The number of Topliss-reactive ketones (excluding diaryl/α,β-unsaturated/α-hetero) is 2. The Morgan fingerprint density at radius 2 is 1.82 bits per heavy atom. The van der Waals surface area contributed by atoms with Gasteiger partial charge in [0.05, 0.1) is 16.1 Å². The second-order valence-electron chi connectivity index (χ2n) is 4.23. The predicted molar refractivity (Wildman–Crippen MR) is 64.2 cm³/mol. The Kier molecular flexibility index (Phi) is 4.64. The van der Waals surface area contributed by atoms with Crippen LogP contribution in [0, 0.1) is 16.0 Å². The first kappa shape index (κ1) is 17.3. The van der Waals surface area contributed by atoms with Crippen molar-refractivity contribution in [2.75, 3.05) is 0 Å². The molecule has 0 spiro atoms. The number of carbonyl (C=O) groups excluding carboxylic acids is 2. The maximum atomic E-state index is 12.5. The van der Waals surface area contributed by atoms with E-state index in [2.05, 4.69) is 0 Å². The van der Waals surface area contributed by atoms with Crippen LogP contribution in [0.15, 0.2) is 18.2 Å². The standard InChI is InChI=1S/C12H8F3NO6/c1-5(17)9(11(19)20)10(18)7-3-2-6(12(13,14)15)4-8(7)16(21)22/h2-4,9H,1H3,(H,19,20). The summed E-state index contributed by atoms with van der Waals surface area (Å²) in [5, 5.41) is 19.6. The van der Waals surface area contributed by atoms with E-state index in [4.69, 9.17) is 5.11 Å². The summed E-state index contributed by atoms with van der Waals surface area (Å²) in [5.41, 5.74) is -3.46. The molecule has 0 fully saturated rings. The maximum Gasteiger partial charge on any atom is 0.416 e. The summed E-state index contributed by atoms with van der Waals surface area (Å²) in [6.07, 6.45) is -4.88. The van der Waals surface area contributed by atoms with Gasteiger partial charge in [-0.2, -0.15) is 13.2 Å². The zero-order valence-corrected chi connectivity index (χ0v) is 10.9. The van der Waals surface area contributed by atoms with Crippen LogP contribution in [0.5, 0.6) is 0 Å². The van der Waals surface area contributed by atoms with Gasteiger partial charge in [0.15, 0.2) is 17.5 Å². The molecule has 0 bridgehead atoms. The monoisotopic (exact) mass is 319 g/mol. The lowest BCUT2D eigenvalue weighted by atomic mass is 9.92. The molecule has 10 heteroatoms. The van der Waals surface area contributed by atoms with E-state index in [1.54, 1.807) is 0 Å². The fraction of sp³-hybridized carbons (Fsp3) is 0.250. The van der Waals surface area contributed by atoms with E-state index >= 15 is 0 Å². The predicted octanol–water partition coefficient (Wildman–Crippen LogP) is 2.09. The highest BCUT2D eigenvalue weighted by Crippen LogP contribution is 2.33. The van der Waals surface area contributed by atoms with Crippen LogP contribution in [0.4, 0.5) is 18.9 Å². The number of carboxylic acids is 1. The summed E-state index contributed by atoms with van der Waals surface area (Å²) >= 11 is 0. The van der Waals surface area contributed by atoms with Crippen molar-refractivity contribution in [3.63, 3.8) is 0 Å². The van der Waals surface area contributed by atoms with E-state index < -0.39 is 51.4 Å². The number of halogens is 3. The molecule has 1 aromatic rings. The van der Waals surface area contributed by atoms with Crippen LogP contribution in [0.3, 0.4) is 0 Å². The van der Waals surface area contributed by atoms with Gasteiger partial charge in [0.1, 0.15) is 0 Å². The van der Waals surface area contributed by atoms with Crippen molar-refractivity contribution in [3.05, 3.63) is 39.4 Å². The molecule has 118 valence electrons. The van der Waals surface area contributed by atoms with Gasteiger partial charge in [-0.25, -0.2) is 0 Å². The molecule has 0 saturated carbocycles. The number of carbonyl (C=O) groups is 3. The maximum absolute atomic E-state index is 12.5. The molecule has 0 aliphatic heterocycles. The number of hydrogen-bond donors (Lipinski definition) is 1. The minimum absolute atomic E-state index is 0.117. The third kappa shape index (κ3) is 3.45. The van der Waals surface area contributed by atoms with Crippen LogP contribution >= 0.6 is 0 Å².